The van der Waals surface area contributed by atoms with Crippen LogP contribution in [0.1, 0.15) is 10.4 Å². The van der Waals surface area contributed by atoms with Crippen molar-refractivity contribution in [2.75, 3.05) is 20.3 Å². The van der Waals surface area contributed by atoms with Gasteiger partial charge in [0.2, 0.25) is 0 Å². The lowest BCUT2D eigenvalue weighted by molar-refractivity contribution is -0.122. The predicted molar refractivity (Wildman–Crippen MR) is 75.2 cm³/mol. The molecule has 1 aliphatic heterocycles. The number of hydrogen-bond donors (Lipinski definition) is 2. The van der Waals surface area contributed by atoms with Crippen LogP contribution in [0.15, 0.2) is 18.2 Å². The van der Waals surface area contributed by atoms with E-state index in [9.17, 15) is 15.0 Å². The zero-order valence-corrected chi connectivity index (χ0v) is 12.3. The Kier molecular flexibility index (Phi) is 4.88. The number of carbonyl (C=O) groups excluding carboxylic acids is 1. The topological polar surface area (TPSA) is 70.0 Å². The third kappa shape index (κ3) is 3.07. The molecule has 20 heavy (non-hydrogen) atoms. The molecule has 1 amide bonds. The van der Waals surface area contributed by atoms with E-state index in [0.717, 1.165) is 0 Å². The van der Waals surface area contributed by atoms with Gasteiger partial charge < -0.3 is 19.8 Å². The normalized spacial score (nSPS) is 26.4. The molecule has 1 aromatic carbocycles. The number of likely N-dealkylation sites (N-methyl/N-ethyl adjacent to an activating group) is 1. The van der Waals surface area contributed by atoms with E-state index in [2.05, 4.69) is 0 Å². The minimum atomic E-state index is -1.06. The molecule has 1 fully saturated rings. The number of hydrogen-bond acceptors (Lipinski definition) is 4. The van der Waals surface area contributed by atoms with E-state index in [-0.39, 0.29) is 29.7 Å². The van der Waals surface area contributed by atoms with Gasteiger partial charge in [-0.15, -0.1) is 0 Å². The molecular formula is C13H15Cl2NO4. The maximum absolute atomic E-state index is 12.4. The summed E-state index contributed by atoms with van der Waals surface area (Å²) in [6.07, 6.45) is -2.07. The van der Waals surface area contributed by atoms with Crippen molar-refractivity contribution >= 4 is 29.1 Å². The number of ether oxygens (including phenoxy) is 1. The Bertz CT molecular complexity index is 511. The first-order valence-electron chi connectivity index (χ1n) is 6.08. The number of halogens is 2. The molecule has 2 N–H and O–H groups in total. The highest BCUT2D eigenvalue weighted by atomic mass is 35.5. The quantitative estimate of drug-likeness (QED) is 0.859. The number of amides is 1. The van der Waals surface area contributed by atoms with E-state index < -0.39 is 18.2 Å². The van der Waals surface area contributed by atoms with Gasteiger partial charge in [-0.25, -0.2) is 0 Å². The van der Waals surface area contributed by atoms with E-state index in [4.69, 9.17) is 27.9 Å². The van der Waals surface area contributed by atoms with Crippen LogP contribution in [0.25, 0.3) is 0 Å². The van der Waals surface area contributed by atoms with E-state index in [1.165, 1.54) is 24.1 Å². The number of aliphatic hydroxyl groups excluding tert-OH is 2. The lowest BCUT2D eigenvalue weighted by Gasteiger charge is -2.37. The maximum Gasteiger partial charge on any atom is 0.255 e. The fourth-order valence-electron chi connectivity index (χ4n) is 2.11. The molecule has 0 unspecified atom stereocenters. The number of benzene rings is 1. The summed E-state index contributed by atoms with van der Waals surface area (Å²) in [5.74, 6) is -0.390. The molecule has 0 spiro atoms. The fourth-order valence-corrected chi connectivity index (χ4v) is 2.48. The van der Waals surface area contributed by atoms with Crippen molar-refractivity contribution in [1.82, 2.24) is 4.90 Å². The van der Waals surface area contributed by atoms with Gasteiger partial charge in [-0.2, -0.15) is 0 Å². The van der Waals surface area contributed by atoms with Crippen LogP contribution in [0.3, 0.4) is 0 Å². The summed E-state index contributed by atoms with van der Waals surface area (Å²) in [5.41, 5.74) is 0.244. The van der Waals surface area contributed by atoms with Crippen LogP contribution in [0, 0.1) is 0 Å². The maximum atomic E-state index is 12.4. The smallest absolute Gasteiger partial charge is 0.255 e. The lowest BCUT2D eigenvalue weighted by Crippen LogP contribution is -2.56. The van der Waals surface area contributed by atoms with Crippen molar-refractivity contribution < 1.29 is 19.7 Å². The van der Waals surface area contributed by atoms with Crippen molar-refractivity contribution in [2.24, 2.45) is 0 Å². The summed E-state index contributed by atoms with van der Waals surface area (Å²) in [6, 6.07) is 3.95. The molecule has 0 aromatic heterocycles. The van der Waals surface area contributed by atoms with Crippen molar-refractivity contribution in [3.63, 3.8) is 0 Å². The van der Waals surface area contributed by atoms with Crippen LogP contribution in [-0.4, -0.2) is 59.5 Å². The molecule has 1 saturated heterocycles. The van der Waals surface area contributed by atoms with Crippen molar-refractivity contribution in [3.05, 3.63) is 33.8 Å². The Morgan fingerprint density at radius 1 is 1.35 bits per heavy atom. The van der Waals surface area contributed by atoms with Crippen LogP contribution < -0.4 is 0 Å². The zero-order chi connectivity index (χ0) is 14.9. The minimum absolute atomic E-state index is 0.0532. The lowest BCUT2D eigenvalue weighted by atomic mass is 10.0. The van der Waals surface area contributed by atoms with E-state index in [0.29, 0.717) is 5.02 Å². The first-order valence-corrected chi connectivity index (χ1v) is 6.83. The molecule has 1 aromatic rings. The summed E-state index contributed by atoms with van der Waals surface area (Å²) in [4.78, 5) is 13.7. The highest BCUT2D eigenvalue weighted by Gasteiger charge is 2.36. The van der Waals surface area contributed by atoms with Crippen molar-refractivity contribution in [2.45, 2.75) is 18.2 Å². The molecule has 0 saturated carbocycles. The van der Waals surface area contributed by atoms with Crippen molar-refractivity contribution in [3.8, 4) is 0 Å². The first-order chi connectivity index (χ1) is 9.41. The second-order valence-corrected chi connectivity index (χ2v) is 5.55. The first kappa shape index (κ1) is 15.5. The molecule has 3 atom stereocenters. The number of aliphatic hydroxyl groups is 2. The molecule has 0 bridgehead atoms. The van der Waals surface area contributed by atoms with Crippen LogP contribution in [0.4, 0.5) is 0 Å². The van der Waals surface area contributed by atoms with Gasteiger partial charge in [-0.05, 0) is 18.2 Å². The number of rotatable bonds is 2. The largest absolute Gasteiger partial charge is 0.388 e. The Morgan fingerprint density at radius 2 is 2.05 bits per heavy atom. The van der Waals surface area contributed by atoms with E-state index in [1.807, 2.05) is 0 Å². The van der Waals surface area contributed by atoms with Crippen LogP contribution in [-0.2, 0) is 4.74 Å². The van der Waals surface area contributed by atoms with Crippen LogP contribution in [0.5, 0.6) is 0 Å². The summed E-state index contributed by atoms with van der Waals surface area (Å²) in [7, 11) is 1.52. The second kappa shape index (κ2) is 6.28. The average Bonchev–Trinajstić information content (AvgIpc) is 2.43. The average molecular weight is 320 g/mol. The van der Waals surface area contributed by atoms with Gasteiger partial charge in [0.15, 0.2) is 0 Å². The van der Waals surface area contributed by atoms with Gasteiger partial charge in [0.05, 0.1) is 29.8 Å². The molecule has 5 nitrogen and oxygen atoms in total. The zero-order valence-electron chi connectivity index (χ0n) is 10.8. The molecule has 110 valence electrons. The molecule has 0 aliphatic carbocycles. The van der Waals surface area contributed by atoms with Crippen molar-refractivity contribution in [1.29, 1.82) is 0 Å². The van der Waals surface area contributed by atoms with E-state index in [1.54, 1.807) is 6.07 Å². The highest BCUT2D eigenvalue weighted by molar-refractivity contribution is 6.35. The van der Waals surface area contributed by atoms with Gasteiger partial charge in [-0.1, -0.05) is 23.2 Å². The minimum Gasteiger partial charge on any atom is -0.388 e. The Hall–Kier alpha value is -0.850. The molecule has 1 aliphatic rings. The van der Waals surface area contributed by atoms with Gasteiger partial charge in [0.1, 0.15) is 12.2 Å². The summed E-state index contributed by atoms with van der Waals surface area (Å²) >= 11 is 11.8. The molecule has 2 rings (SSSR count). The highest BCUT2D eigenvalue weighted by Crippen LogP contribution is 2.24. The number of nitrogens with zero attached hydrogens (tertiary/aromatic N) is 1. The Morgan fingerprint density at radius 3 is 2.75 bits per heavy atom. The van der Waals surface area contributed by atoms with Gasteiger partial charge in [0.25, 0.3) is 5.91 Å². The standard InChI is InChI=1S/C13H15Cl2NO4/c1-16(10-5-20-6-11(17)12(10)18)13(19)8-4-7(14)2-3-9(8)15/h2-4,10-12,17-18H,5-6H2,1H3/t10-,11-,12+/m1/s1. The van der Waals surface area contributed by atoms with E-state index >= 15 is 0 Å². The van der Waals surface area contributed by atoms with Gasteiger partial charge in [0, 0.05) is 12.1 Å². The third-order valence-corrected chi connectivity index (χ3v) is 3.91. The SMILES string of the molecule is CN(C(=O)c1cc(Cl)ccc1Cl)[C@@H]1COC[C@@H](O)[C@H]1O. The Balaban J connectivity index is 2.21. The van der Waals surface area contributed by atoms with Crippen LogP contribution >= 0.6 is 23.2 Å². The predicted octanol–water partition coefficient (Wildman–Crippen LogP) is 1.19. The molecular weight excluding hydrogens is 305 g/mol. The third-order valence-electron chi connectivity index (χ3n) is 3.34. The second-order valence-electron chi connectivity index (χ2n) is 4.70. The fraction of sp³-hybridized carbons (Fsp3) is 0.462. The number of carbonyl (C=O) groups is 1. The van der Waals surface area contributed by atoms with Gasteiger partial charge in [-0.3, -0.25) is 4.79 Å². The van der Waals surface area contributed by atoms with Gasteiger partial charge >= 0.3 is 0 Å². The molecule has 1 heterocycles. The monoisotopic (exact) mass is 319 g/mol. The summed E-state index contributed by atoms with van der Waals surface area (Å²) in [6.45, 7) is 0.205. The summed E-state index contributed by atoms with van der Waals surface area (Å²) < 4.78 is 5.16. The van der Waals surface area contributed by atoms with Crippen LogP contribution in [0.2, 0.25) is 10.0 Å². The molecule has 0 radical (unpaired) electrons. The molecule has 7 heteroatoms. The Labute approximate surface area is 126 Å². The summed E-state index contributed by atoms with van der Waals surface area (Å²) in [5, 5.41) is 20.2.